The Morgan fingerprint density at radius 2 is 1.89 bits per heavy atom. The Morgan fingerprint density at radius 1 is 1.26 bits per heavy atom. The summed E-state index contributed by atoms with van der Waals surface area (Å²) in [6.45, 7) is 10.8. The summed E-state index contributed by atoms with van der Waals surface area (Å²) in [5.41, 5.74) is -0.339. The summed E-state index contributed by atoms with van der Waals surface area (Å²) in [7, 11) is 0. The number of hydrogen-bond acceptors (Lipinski definition) is 3. The highest BCUT2D eigenvalue weighted by Crippen LogP contribution is 2.23. The molecule has 3 heteroatoms. The van der Waals surface area contributed by atoms with Gasteiger partial charge in [-0.15, -0.1) is 0 Å². The Kier molecular flexibility index (Phi) is 6.82. The SMILES string of the molecule is CCNC(C)(C#N)CCCCN1[C@H](C)CCC[C@@H]1C. The molecule has 1 fully saturated rings. The molecule has 0 radical (unpaired) electrons. The van der Waals surface area contributed by atoms with Crippen LogP contribution < -0.4 is 5.32 Å². The molecule has 0 aromatic heterocycles. The number of nitriles is 1. The minimum absolute atomic E-state index is 0.339. The molecule has 1 saturated heterocycles. The zero-order valence-electron chi connectivity index (χ0n) is 13.2. The second kappa shape index (κ2) is 7.87. The molecule has 19 heavy (non-hydrogen) atoms. The molecule has 0 spiro atoms. The van der Waals surface area contributed by atoms with Crippen molar-refractivity contribution in [2.24, 2.45) is 0 Å². The summed E-state index contributed by atoms with van der Waals surface area (Å²) in [6.07, 6.45) is 7.36. The second-order valence-electron chi connectivity index (χ2n) is 6.30. The van der Waals surface area contributed by atoms with Gasteiger partial charge in [-0.1, -0.05) is 13.3 Å². The molecule has 0 aromatic rings. The molecular formula is C16H31N3. The largest absolute Gasteiger partial charge is 0.300 e. The van der Waals surface area contributed by atoms with Crippen LogP contribution in [0.25, 0.3) is 0 Å². The molecule has 1 N–H and O–H groups in total. The number of hydrogen-bond donors (Lipinski definition) is 1. The molecular weight excluding hydrogens is 234 g/mol. The fourth-order valence-electron chi connectivity index (χ4n) is 3.26. The van der Waals surface area contributed by atoms with Gasteiger partial charge in [0.25, 0.3) is 0 Å². The Hall–Kier alpha value is -0.590. The minimum Gasteiger partial charge on any atom is -0.300 e. The maximum atomic E-state index is 9.23. The van der Waals surface area contributed by atoms with Crippen molar-refractivity contribution in [3.8, 4) is 6.07 Å². The summed E-state index contributed by atoms with van der Waals surface area (Å²) in [4.78, 5) is 2.65. The van der Waals surface area contributed by atoms with E-state index in [-0.39, 0.29) is 5.54 Å². The minimum atomic E-state index is -0.339. The van der Waals surface area contributed by atoms with Crippen molar-refractivity contribution >= 4 is 0 Å². The number of nitrogens with one attached hydrogen (secondary N) is 1. The van der Waals surface area contributed by atoms with Crippen LogP contribution in [0.15, 0.2) is 0 Å². The van der Waals surface area contributed by atoms with Gasteiger partial charge in [0, 0.05) is 12.1 Å². The van der Waals surface area contributed by atoms with E-state index in [1.54, 1.807) is 0 Å². The highest BCUT2D eigenvalue weighted by molar-refractivity contribution is 5.03. The Bertz CT molecular complexity index is 287. The number of unbranched alkanes of at least 4 members (excludes halogenated alkanes) is 1. The smallest absolute Gasteiger partial charge is 0.103 e. The maximum Gasteiger partial charge on any atom is 0.103 e. The van der Waals surface area contributed by atoms with E-state index in [0.717, 1.165) is 31.5 Å². The van der Waals surface area contributed by atoms with Crippen molar-refractivity contribution in [2.45, 2.75) is 83.8 Å². The van der Waals surface area contributed by atoms with E-state index >= 15 is 0 Å². The van der Waals surface area contributed by atoms with Gasteiger partial charge in [0.2, 0.25) is 0 Å². The van der Waals surface area contributed by atoms with Gasteiger partial charge < -0.3 is 0 Å². The van der Waals surface area contributed by atoms with E-state index in [9.17, 15) is 5.26 Å². The van der Waals surface area contributed by atoms with Crippen molar-refractivity contribution in [2.75, 3.05) is 13.1 Å². The molecule has 0 bridgehead atoms. The molecule has 0 aliphatic carbocycles. The van der Waals surface area contributed by atoms with E-state index < -0.39 is 0 Å². The number of nitrogens with zero attached hydrogens (tertiary/aromatic N) is 2. The van der Waals surface area contributed by atoms with Gasteiger partial charge in [-0.3, -0.25) is 10.2 Å². The number of piperidine rings is 1. The summed E-state index contributed by atoms with van der Waals surface area (Å²) in [6, 6.07) is 3.88. The van der Waals surface area contributed by atoms with Crippen LogP contribution in [0.3, 0.4) is 0 Å². The first kappa shape index (κ1) is 16.5. The molecule has 1 heterocycles. The van der Waals surface area contributed by atoms with Crippen LogP contribution in [0.2, 0.25) is 0 Å². The zero-order valence-corrected chi connectivity index (χ0v) is 13.2. The lowest BCUT2D eigenvalue weighted by Gasteiger charge is -2.39. The van der Waals surface area contributed by atoms with Gasteiger partial charge in [-0.05, 0) is 66.0 Å². The van der Waals surface area contributed by atoms with Crippen LogP contribution in [0.5, 0.6) is 0 Å². The quantitative estimate of drug-likeness (QED) is 0.718. The highest BCUT2D eigenvalue weighted by Gasteiger charge is 2.25. The van der Waals surface area contributed by atoms with Crippen molar-refractivity contribution < 1.29 is 0 Å². The lowest BCUT2D eigenvalue weighted by molar-refractivity contribution is 0.101. The molecule has 0 saturated carbocycles. The van der Waals surface area contributed by atoms with Gasteiger partial charge in [-0.2, -0.15) is 5.26 Å². The van der Waals surface area contributed by atoms with Crippen molar-refractivity contribution in [3.05, 3.63) is 0 Å². The van der Waals surface area contributed by atoms with Gasteiger partial charge in [0.05, 0.1) is 6.07 Å². The molecule has 1 aliphatic heterocycles. The third kappa shape index (κ3) is 5.12. The van der Waals surface area contributed by atoms with E-state index in [1.165, 1.54) is 32.2 Å². The maximum absolute atomic E-state index is 9.23. The van der Waals surface area contributed by atoms with Crippen molar-refractivity contribution in [3.63, 3.8) is 0 Å². The van der Waals surface area contributed by atoms with Crippen LogP contribution in [0.1, 0.15) is 66.2 Å². The van der Waals surface area contributed by atoms with Crippen LogP contribution in [0.4, 0.5) is 0 Å². The first-order valence-electron chi connectivity index (χ1n) is 7.94. The molecule has 1 rings (SSSR count). The first-order valence-corrected chi connectivity index (χ1v) is 7.94. The predicted molar refractivity (Wildman–Crippen MR) is 81.0 cm³/mol. The normalized spacial score (nSPS) is 27.7. The molecule has 3 nitrogen and oxygen atoms in total. The van der Waals surface area contributed by atoms with Crippen LogP contribution in [-0.2, 0) is 0 Å². The summed E-state index contributed by atoms with van der Waals surface area (Å²) >= 11 is 0. The molecule has 3 atom stereocenters. The molecule has 1 aliphatic rings. The number of rotatable bonds is 7. The zero-order chi connectivity index (χ0) is 14.3. The third-order valence-corrected chi connectivity index (χ3v) is 4.53. The van der Waals surface area contributed by atoms with E-state index in [0.29, 0.717) is 0 Å². The summed E-state index contributed by atoms with van der Waals surface area (Å²) in [5.74, 6) is 0. The Balaban J connectivity index is 2.28. The van der Waals surface area contributed by atoms with Crippen molar-refractivity contribution in [1.29, 1.82) is 5.26 Å². The first-order chi connectivity index (χ1) is 9.02. The van der Waals surface area contributed by atoms with E-state index in [2.05, 4.69) is 37.1 Å². The van der Waals surface area contributed by atoms with E-state index in [4.69, 9.17) is 0 Å². The average Bonchev–Trinajstić information content (AvgIpc) is 2.38. The van der Waals surface area contributed by atoms with Gasteiger partial charge in [0.15, 0.2) is 0 Å². The molecule has 110 valence electrons. The lowest BCUT2D eigenvalue weighted by Crippen LogP contribution is -2.44. The van der Waals surface area contributed by atoms with E-state index in [1.807, 2.05) is 6.92 Å². The van der Waals surface area contributed by atoms with Crippen LogP contribution in [-0.4, -0.2) is 35.6 Å². The summed E-state index contributed by atoms with van der Waals surface area (Å²) < 4.78 is 0. The topological polar surface area (TPSA) is 39.1 Å². The van der Waals surface area contributed by atoms with Gasteiger partial charge in [0.1, 0.15) is 5.54 Å². The van der Waals surface area contributed by atoms with Crippen molar-refractivity contribution in [1.82, 2.24) is 10.2 Å². The third-order valence-electron chi connectivity index (χ3n) is 4.53. The number of likely N-dealkylation sites (tertiary alicyclic amines) is 1. The fourth-order valence-corrected chi connectivity index (χ4v) is 3.26. The average molecular weight is 265 g/mol. The van der Waals surface area contributed by atoms with Crippen LogP contribution >= 0.6 is 0 Å². The van der Waals surface area contributed by atoms with Crippen LogP contribution in [0, 0.1) is 11.3 Å². The standard InChI is InChI=1S/C16H31N3/c1-5-18-16(4,13-17)11-6-7-12-19-14(2)9-8-10-15(19)3/h14-15,18H,5-12H2,1-4H3/t14-,15+,16?. The monoisotopic (exact) mass is 265 g/mol. The lowest BCUT2D eigenvalue weighted by atomic mass is 9.94. The Labute approximate surface area is 119 Å². The van der Waals surface area contributed by atoms with Gasteiger partial charge in [-0.25, -0.2) is 0 Å². The molecule has 0 aromatic carbocycles. The Morgan fingerprint density at radius 3 is 2.42 bits per heavy atom. The highest BCUT2D eigenvalue weighted by atomic mass is 15.2. The summed E-state index contributed by atoms with van der Waals surface area (Å²) in [5, 5.41) is 12.5. The fraction of sp³-hybridized carbons (Fsp3) is 0.938. The molecule has 0 amide bonds. The second-order valence-corrected chi connectivity index (χ2v) is 6.30. The van der Waals surface area contributed by atoms with Gasteiger partial charge >= 0.3 is 0 Å². The predicted octanol–water partition coefficient (Wildman–Crippen LogP) is 3.31. The molecule has 1 unspecified atom stereocenters.